The molecule has 3 heterocycles. The molecule has 0 unspecified atom stereocenters. The van der Waals surface area contributed by atoms with E-state index < -0.39 is 5.41 Å². The molecule has 1 aliphatic carbocycles. The summed E-state index contributed by atoms with van der Waals surface area (Å²) in [6.07, 6.45) is 0. The SMILES string of the molecule is c1ccc(-c2cc(-n3c4ccc5ccccc5c4c4ccc5c(c43)Oc3ccccc3C53c4ccccc4-c4ccccc43)nc3ccccc23)cc1. The quantitative estimate of drug-likeness (QED) is 0.182. The van der Waals surface area contributed by atoms with Gasteiger partial charge in [0, 0.05) is 27.3 Å². The molecule has 1 spiro atoms. The van der Waals surface area contributed by atoms with Crippen LogP contribution in [0.4, 0.5) is 0 Å². The lowest BCUT2D eigenvalue weighted by Gasteiger charge is -2.39. The van der Waals surface area contributed by atoms with Crippen molar-refractivity contribution in [3.05, 3.63) is 204 Å². The van der Waals surface area contributed by atoms with Crippen LogP contribution in [0.2, 0.25) is 0 Å². The summed E-state index contributed by atoms with van der Waals surface area (Å²) < 4.78 is 9.63. The molecule has 0 N–H and O–H groups in total. The van der Waals surface area contributed by atoms with Gasteiger partial charge >= 0.3 is 0 Å². The number of rotatable bonds is 2. The van der Waals surface area contributed by atoms with Gasteiger partial charge in [-0.25, -0.2) is 4.98 Å². The highest BCUT2D eigenvalue weighted by molar-refractivity contribution is 6.23. The van der Waals surface area contributed by atoms with E-state index in [4.69, 9.17) is 9.72 Å². The molecular weight excluding hydrogens is 645 g/mol. The Labute approximate surface area is 306 Å². The van der Waals surface area contributed by atoms with Gasteiger partial charge in [0.25, 0.3) is 0 Å². The first-order chi connectivity index (χ1) is 26.3. The summed E-state index contributed by atoms with van der Waals surface area (Å²) in [5, 5.41) is 5.87. The zero-order valence-corrected chi connectivity index (χ0v) is 28.6. The van der Waals surface area contributed by atoms with Gasteiger partial charge in [0.1, 0.15) is 11.6 Å². The first-order valence-corrected chi connectivity index (χ1v) is 18.2. The minimum absolute atomic E-state index is 0.569. The fraction of sp³-hybridized carbons (Fsp3) is 0.0200. The lowest BCUT2D eigenvalue weighted by molar-refractivity contribution is 0.440. The fourth-order valence-corrected chi connectivity index (χ4v) is 9.55. The number of hydrogen-bond acceptors (Lipinski definition) is 2. The minimum atomic E-state index is -0.569. The Bertz CT molecular complexity index is 3110. The number of hydrogen-bond donors (Lipinski definition) is 0. The van der Waals surface area contributed by atoms with Crippen LogP contribution in [-0.2, 0) is 5.41 Å². The predicted molar refractivity (Wildman–Crippen MR) is 216 cm³/mol. The van der Waals surface area contributed by atoms with Crippen molar-refractivity contribution in [1.29, 1.82) is 0 Å². The monoisotopic (exact) mass is 674 g/mol. The summed E-state index contributed by atoms with van der Waals surface area (Å²) in [5.74, 6) is 2.59. The van der Waals surface area contributed by atoms with Crippen molar-refractivity contribution in [2.24, 2.45) is 0 Å². The highest BCUT2D eigenvalue weighted by Gasteiger charge is 2.51. The van der Waals surface area contributed by atoms with Crippen LogP contribution < -0.4 is 4.74 Å². The summed E-state index contributed by atoms with van der Waals surface area (Å²) in [6.45, 7) is 0. The van der Waals surface area contributed by atoms with E-state index >= 15 is 0 Å². The lowest BCUT2D eigenvalue weighted by atomic mass is 9.66. The minimum Gasteiger partial charge on any atom is -0.454 e. The van der Waals surface area contributed by atoms with Crippen molar-refractivity contribution < 1.29 is 4.74 Å². The number of para-hydroxylation sites is 2. The number of benzene rings is 8. The molecule has 0 radical (unpaired) electrons. The average molecular weight is 675 g/mol. The molecule has 10 aromatic rings. The van der Waals surface area contributed by atoms with Gasteiger partial charge in [-0.2, -0.15) is 0 Å². The molecular formula is C50H30N2O. The van der Waals surface area contributed by atoms with Crippen LogP contribution in [0, 0.1) is 0 Å². The van der Waals surface area contributed by atoms with Crippen LogP contribution in [0.25, 0.3) is 71.6 Å². The molecule has 246 valence electrons. The third-order valence-electron chi connectivity index (χ3n) is 11.6. The van der Waals surface area contributed by atoms with Gasteiger partial charge in [-0.1, -0.05) is 158 Å². The molecule has 0 fully saturated rings. The van der Waals surface area contributed by atoms with Gasteiger partial charge in [0.2, 0.25) is 0 Å². The van der Waals surface area contributed by atoms with Crippen molar-refractivity contribution >= 4 is 43.5 Å². The molecule has 53 heavy (non-hydrogen) atoms. The molecule has 3 heteroatoms. The molecule has 0 amide bonds. The molecule has 3 nitrogen and oxygen atoms in total. The fourth-order valence-electron chi connectivity index (χ4n) is 9.55. The number of aromatic nitrogens is 2. The molecule has 8 aromatic carbocycles. The number of fused-ring (bicyclic) bond motifs is 16. The zero-order valence-electron chi connectivity index (χ0n) is 28.6. The molecule has 1 aliphatic heterocycles. The van der Waals surface area contributed by atoms with Crippen LogP contribution in [0.15, 0.2) is 182 Å². The van der Waals surface area contributed by atoms with E-state index in [0.717, 1.165) is 66.9 Å². The van der Waals surface area contributed by atoms with E-state index in [2.05, 4.69) is 187 Å². The third kappa shape index (κ3) is 3.70. The van der Waals surface area contributed by atoms with Crippen LogP contribution in [-0.4, -0.2) is 9.55 Å². The molecule has 2 aliphatic rings. The van der Waals surface area contributed by atoms with E-state index in [0.29, 0.717) is 0 Å². The lowest BCUT2D eigenvalue weighted by Crippen LogP contribution is -2.32. The summed E-state index contributed by atoms with van der Waals surface area (Å²) in [5.41, 5.74) is 12.2. The zero-order chi connectivity index (χ0) is 34.7. The molecule has 12 rings (SSSR count). The maximum absolute atomic E-state index is 7.27. The second-order valence-electron chi connectivity index (χ2n) is 14.2. The van der Waals surface area contributed by atoms with E-state index in [1.54, 1.807) is 0 Å². The highest BCUT2D eigenvalue weighted by Crippen LogP contribution is 2.63. The first-order valence-electron chi connectivity index (χ1n) is 18.2. The second kappa shape index (κ2) is 10.5. The van der Waals surface area contributed by atoms with Gasteiger partial charge < -0.3 is 4.74 Å². The Kier molecular flexibility index (Phi) is 5.70. The Morgan fingerprint density at radius 1 is 0.472 bits per heavy atom. The normalized spacial score (nSPS) is 13.6. The highest BCUT2D eigenvalue weighted by atomic mass is 16.5. The maximum Gasteiger partial charge on any atom is 0.156 e. The topological polar surface area (TPSA) is 27.1 Å². The van der Waals surface area contributed by atoms with Crippen molar-refractivity contribution in [2.75, 3.05) is 0 Å². The van der Waals surface area contributed by atoms with Crippen molar-refractivity contribution in [3.63, 3.8) is 0 Å². The molecule has 0 saturated heterocycles. The Hall–Kier alpha value is -6.97. The summed E-state index contributed by atoms with van der Waals surface area (Å²) in [6, 6.07) is 65.7. The first kappa shape index (κ1) is 28.7. The molecule has 0 atom stereocenters. The molecule has 0 saturated carbocycles. The van der Waals surface area contributed by atoms with Crippen LogP contribution in [0.1, 0.15) is 22.3 Å². The van der Waals surface area contributed by atoms with Gasteiger partial charge in [0.05, 0.1) is 22.0 Å². The summed E-state index contributed by atoms with van der Waals surface area (Å²) in [7, 11) is 0. The van der Waals surface area contributed by atoms with Gasteiger partial charge in [-0.15, -0.1) is 0 Å². The molecule has 2 aromatic heterocycles. The number of ether oxygens (including phenoxy) is 1. The maximum atomic E-state index is 7.27. The Morgan fingerprint density at radius 2 is 1.13 bits per heavy atom. The molecule has 0 bridgehead atoms. The Balaban J connectivity index is 1.28. The number of nitrogens with zero attached hydrogens (tertiary/aromatic N) is 2. The Morgan fingerprint density at radius 3 is 1.94 bits per heavy atom. The van der Waals surface area contributed by atoms with Gasteiger partial charge in [0.15, 0.2) is 5.75 Å². The standard InChI is InChI=1S/C50H30N2O/c1-2-14-31(15-3-1)38-30-46(51-43-24-12-8-20-36(38)43)52-44-29-26-32-16-4-5-17-33(32)47(44)37-27-28-42-49(48(37)52)53-45-25-13-11-23-41(45)50(42)39-21-9-6-18-34(39)35-19-7-10-22-40(35)50/h1-30H. The van der Waals surface area contributed by atoms with E-state index in [-0.39, 0.29) is 0 Å². The van der Waals surface area contributed by atoms with Crippen LogP contribution >= 0.6 is 0 Å². The summed E-state index contributed by atoms with van der Waals surface area (Å²) >= 11 is 0. The summed E-state index contributed by atoms with van der Waals surface area (Å²) in [4.78, 5) is 5.45. The average Bonchev–Trinajstić information content (AvgIpc) is 3.73. The van der Waals surface area contributed by atoms with Gasteiger partial charge in [-0.05, 0) is 68.4 Å². The van der Waals surface area contributed by atoms with Crippen molar-refractivity contribution in [3.8, 4) is 39.6 Å². The smallest absolute Gasteiger partial charge is 0.156 e. The van der Waals surface area contributed by atoms with E-state index in [9.17, 15) is 0 Å². The van der Waals surface area contributed by atoms with E-state index in [1.807, 2.05) is 0 Å². The second-order valence-corrected chi connectivity index (χ2v) is 14.2. The van der Waals surface area contributed by atoms with Crippen LogP contribution in [0.3, 0.4) is 0 Å². The van der Waals surface area contributed by atoms with Gasteiger partial charge in [-0.3, -0.25) is 4.57 Å². The van der Waals surface area contributed by atoms with Crippen molar-refractivity contribution in [1.82, 2.24) is 9.55 Å². The third-order valence-corrected chi connectivity index (χ3v) is 11.6. The largest absolute Gasteiger partial charge is 0.454 e. The van der Waals surface area contributed by atoms with Crippen LogP contribution in [0.5, 0.6) is 11.5 Å². The van der Waals surface area contributed by atoms with Crippen molar-refractivity contribution in [2.45, 2.75) is 5.41 Å². The predicted octanol–water partition coefficient (Wildman–Crippen LogP) is 12.6. The van der Waals surface area contributed by atoms with E-state index in [1.165, 1.54) is 38.4 Å². The number of pyridine rings is 1.